The quantitative estimate of drug-likeness (QED) is 0.754. The number of rotatable bonds is 3. The third-order valence-corrected chi connectivity index (χ3v) is 2.81. The summed E-state index contributed by atoms with van der Waals surface area (Å²) in [7, 11) is 0. The molecule has 0 atom stereocenters. The Morgan fingerprint density at radius 3 is 3.07 bits per heavy atom. The first-order valence-corrected chi connectivity index (χ1v) is 5.26. The zero-order valence-corrected chi connectivity index (χ0v) is 8.76. The van der Waals surface area contributed by atoms with E-state index in [4.69, 9.17) is 11.6 Å². The summed E-state index contributed by atoms with van der Waals surface area (Å²) in [5, 5.41) is 6.36. The van der Waals surface area contributed by atoms with Gasteiger partial charge in [-0.25, -0.2) is 0 Å². The summed E-state index contributed by atoms with van der Waals surface area (Å²) in [6, 6.07) is 3.66. The van der Waals surface area contributed by atoms with Gasteiger partial charge in [-0.05, 0) is 11.4 Å². The molecule has 0 aliphatic carbocycles. The number of Topliss-reactive ketones (excluding diaryl/α,β-unsaturated/α-hetero) is 1. The van der Waals surface area contributed by atoms with Crippen molar-refractivity contribution in [2.45, 2.75) is 6.54 Å². The van der Waals surface area contributed by atoms with Crippen molar-refractivity contribution < 1.29 is 4.79 Å². The van der Waals surface area contributed by atoms with E-state index in [2.05, 4.69) is 5.10 Å². The van der Waals surface area contributed by atoms with Gasteiger partial charge in [0.05, 0.1) is 16.1 Å². The molecule has 0 bridgehead atoms. The zero-order chi connectivity index (χ0) is 9.97. The van der Waals surface area contributed by atoms with Gasteiger partial charge < -0.3 is 0 Å². The fourth-order valence-corrected chi connectivity index (χ4v) is 1.90. The van der Waals surface area contributed by atoms with E-state index < -0.39 is 0 Å². The minimum atomic E-state index is 0.0553. The van der Waals surface area contributed by atoms with Crippen LogP contribution in [0.1, 0.15) is 9.67 Å². The molecule has 0 radical (unpaired) electrons. The smallest absolute Gasteiger partial charge is 0.194 e. The number of hydrogen-bond donors (Lipinski definition) is 0. The van der Waals surface area contributed by atoms with Crippen LogP contribution in [-0.4, -0.2) is 15.6 Å². The van der Waals surface area contributed by atoms with Gasteiger partial charge in [-0.2, -0.15) is 5.10 Å². The number of aromatic nitrogens is 2. The fraction of sp³-hybridized carbons (Fsp3) is 0.111. The third-order valence-electron chi connectivity index (χ3n) is 1.70. The van der Waals surface area contributed by atoms with Gasteiger partial charge >= 0.3 is 0 Å². The molecule has 2 aromatic rings. The van der Waals surface area contributed by atoms with Crippen LogP contribution in [0, 0.1) is 0 Å². The highest BCUT2D eigenvalue weighted by Crippen LogP contribution is 2.11. The van der Waals surface area contributed by atoms with Gasteiger partial charge in [-0.1, -0.05) is 17.7 Å². The van der Waals surface area contributed by atoms with Gasteiger partial charge in [-0.15, -0.1) is 11.3 Å². The van der Waals surface area contributed by atoms with E-state index in [-0.39, 0.29) is 12.3 Å². The van der Waals surface area contributed by atoms with E-state index in [0.717, 1.165) is 4.88 Å². The summed E-state index contributed by atoms with van der Waals surface area (Å²) in [4.78, 5) is 12.3. The van der Waals surface area contributed by atoms with Crippen molar-refractivity contribution in [1.29, 1.82) is 0 Å². The van der Waals surface area contributed by atoms with Gasteiger partial charge in [-0.3, -0.25) is 9.48 Å². The molecule has 0 aromatic carbocycles. The lowest BCUT2D eigenvalue weighted by molar-refractivity contribution is 0.0971. The molecule has 5 heteroatoms. The summed E-state index contributed by atoms with van der Waals surface area (Å²) in [6.07, 6.45) is 3.15. The lowest BCUT2D eigenvalue weighted by Gasteiger charge is -1.97. The molecular weight excluding hydrogens is 220 g/mol. The van der Waals surface area contributed by atoms with Crippen LogP contribution in [0.2, 0.25) is 5.02 Å². The molecular formula is C9H7ClN2OS. The minimum absolute atomic E-state index is 0.0553. The monoisotopic (exact) mass is 226 g/mol. The first kappa shape index (κ1) is 9.43. The zero-order valence-electron chi connectivity index (χ0n) is 7.18. The Balaban J connectivity index is 2.09. The predicted octanol–water partition coefficient (Wildman–Crippen LogP) is 2.48. The third kappa shape index (κ3) is 2.02. The largest absolute Gasteiger partial charge is 0.291 e. The predicted molar refractivity (Wildman–Crippen MR) is 55.9 cm³/mol. The summed E-state index contributed by atoms with van der Waals surface area (Å²) < 4.78 is 1.53. The van der Waals surface area contributed by atoms with Gasteiger partial charge in [0.15, 0.2) is 5.78 Å². The van der Waals surface area contributed by atoms with Crippen LogP contribution in [-0.2, 0) is 6.54 Å². The molecule has 0 aliphatic rings. The highest BCUT2D eigenvalue weighted by molar-refractivity contribution is 7.12. The number of nitrogens with zero attached hydrogens (tertiary/aromatic N) is 2. The number of hydrogen-bond acceptors (Lipinski definition) is 3. The van der Waals surface area contributed by atoms with E-state index in [0.29, 0.717) is 5.02 Å². The topological polar surface area (TPSA) is 34.9 Å². The van der Waals surface area contributed by atoms with Gasteiger partial charge in [0.1, 0.15) is 6.54 Å². The molecule has 0 spiro atoms. The van der Waals surface area contributed by atoms with Crippen molar-refractivity contribution in [2.24, 2.45) is 0 Å². The summed E-state index contributed by atoms with van der Waals surface area (Å²) in [5.41, 5.74) is 0. The first-order valence-electron chi connectivity index (χ1n) is 4.00. The van der Waals surface area contributed by atoms with Crippen LogP contribution in [0.25, 0.3) is 0 Å². The van der Waals surface area contributed by atoms with Crippen LogP contribution in [0.15, 0.2) is 29.9 Å². The van der Waals surface area contributed by atoms with Crippen molar-refractivity contribution in [3.63, 3.8) is 0 Å². The Bertz CT molecular complexity index is 435. The van der Waals surface area contributed by atoms with E-state index in [9.17, 15) is 4.79 Å². The lowest BCUT2D eigenvalue weighted by atomic mass is 10.3. The SMILES string of the molecule is O=C(Cn1cc(Cl)cn1)c1cccs1. The van der Waals surface area contributed by atoms with Crippen LogP contribution >= 0.6 is 22.9 Å². The second kappa shape index (κ2) is 3.94. The van der Waals surface area contributed by atoms with Gasteiger partial charge in [0.25, 0.3) is 0 Å². The maximum atomic E-state index is 11.6. The van der Waals surface area contributed by atoms with Crippen LogP contribution in [0.4, 0.5) is 0 Å². The number of halogens is 1. The Hall–Kier alpha value is -1.13. The number of ketones is 1. The Labute approximate surface area is 89.9 Å². The molecule has 0 saturated carbocycles. The molecule has 0 amide bonds. The van der Waals surface area contributed by atoms with Crippen molar-refractivity contribution >= 4 is 28.7 Å². The number of thiophene rings is 1. The van der Waals surface area contributed by atoms with E-state index >= 15 is 0 Å². The van der Waals surface area contributed by atoms with E-state index in [1.807, 2.05) is 11.4 Å². The molecule has 14 heavy (non-hydrogen) atoms. The molecule has 0 N–H and O–H groups in total. The molecule has 0 aliphatic heterocycles. The van der Waals surface area contributed by atoms with Crippen molar-refractivity contribution in [2.75, 3.05) is 0 Å². The Morgan fingerprint density at radius 2 is 2.50 bits per heavy atom. The Kier molecular flexibility index (Phi) is 2.65. The second-order valence-corrected chi connectivity index (χ2v) is 4.14. The van der Waals surface area contributed by atoms with E-state index in [1.54, 1.807) is 12.3 Å². The average Bonchev–Trinajstić information content (AvgIpc) is 2.75. The first-order chi connectivity index (χ1) is 6.75. The molecule has 0 fully saturated rings. The van der Waals surface area contributed by atoms with Gasteiger partial charge in [0.2, 0.25) is 0 Å². The average molecular weight is 227 g/mol. The molecule has 72 valence electrons. The number of carbonyl (C=O) groups excluding carboxylic acids is 1. The number of carbonyl (C=O) groups is 1. The lowest BCUT2D eigenvalue weighted by Crippen LogP contribution is -2.09. The molecule has 3 nitrogen and oxygen atoms in total. The summed E-state index contributed by atoms with van der Waals surface area (Å²) >= 11 is 7.11. The molecule has 2 heterocycles. The van der Waals surface area contributed by atoms with Gasteiger partial charge in [0, 0.05) is 6.20 Å². The highest BCUT2D eigenvalue weighted by atomic mass is 35.5. The summed E-state index contributed by atoms with van der Waals surface area (Å²) in [6.45, 7) is 0.243. The highest BCUT2D eigenvalue weighted by Gasteiger charge is 2.07. The molecule has 0 unspecified atom stereocenters. The fourth-order valence-electron chi connectivity index (χ4n) is 1.09. The standard InChI is InChI=1S/C9H7ClN2OS/c10-7-4-11-12(5-7)6-8(13)9-2-1-3-14-9/h1-5H,6H2. The van der Waals surface area contributed by atoms with Crippen molar-refractivity contribution in [1.82, 2.24) is 9.78 Å². The van der Waals surface area contributed by atoms with Crippen molar-refractivity contribution in [3.8, 4) is 0 Å². The minimum Gasteiger partial charge on any atom is -0.291 e. The van der Waals surface area contributed by atoms with Crippen LogP contribution in [0.5, 0.6) is 0 Å². The normalized spacial score (nSPS) is 10.4. The van der Waals surface area contributed by atoms with Crippen molar-refractivity contribution in [3.05, 3.63) is 39.8 Å². The van der Waals surface area contributed by atoms with Crippen LogP contribution < -0.4 is 0 Å². The maximum Gasteiger partial charge on any atom is 0.194 e. The Morgan fingerprint density at radius 1 is 1.64 bits per heavy atom. The van der Waals surface area contributed by atoms with Crippen LogP contribution in [0.3, 0.4) is 0 Å². The summed E-state index contributed by atoms with van der Waals surface area (Å²) in [5.74, 6) is 0.0553. The van der Waals surface area contributed by atoms with E-state index in [1.165, 1.54) is 22.2 Å². The molecule has 2 rings (SSSR count). The molecule has 2 aromatic heterocycles. The second-order valence-electron chi connectivity index (χ2n) is 2.76. The molecule has 0 saturated heterocycles. The maximum absolute atomic E-state index is 11.6.